The molecule has 3 rings (SSSR count). The van der Waals surface area contributed by atoms with Gasteiger partial charge >= 0.3 is 11.9 Å². The van der Waals surface area contributed by atoms with E-state index in [9.17, 15) is 14.7 Å². The first-order valence-electron chi connectivity index (χ1n) is 6.13. The van der Waals surface area contributed by atoms with E-state index in [1.165, 1.54) is 12.1 Å². The number of aromatic hydroxyl groups is 1. The molecule has 0 atom stereocenters. The number of carboxylic acids is 2. The normalized spacial score (nSPS) is 10.9. The second-order valence-electron chi connectivity index (χ2n) is 4.71. The molecule has 0 saturated carbocycles. The van der Waals surface area contributed by atoms with Crippen LogP contribution < -0.4 is 0 Å². The number of benzene rings is 3. The van der Waals surface area contributed by atoms with Crippen molar-refractivity contribution in [2.24, 2.45) is 0 Å². The van der Waals surface area contributed by atoms with E-state index < -0.39 is 11.9 Å². The van der Waals surface area contributed by atoms with Crippen molar-refractivity contribution in [1.82, 2.24) is 0 Å². The molecule has 5 heteroatoms. The van der Waals surface area contributed by atoms with Crippen LogP contribution in [-0.2, 0) is 0 Å². The second kappa shape index (κ2) is 4.49. The number of hydrogen-bond donors (Lipinski definition) is 3. The number of fused-ring (bicyclic) bond motifs is 2. The summed E-state index contributed by atoms with van der Waals surface area (Å²) < 4.78 is 0. The Kier molecular flexibility index (Phi) is 2.76. The van der Waals surface area contributed by atoms with Crippen molar-refractivity contribution in [1.29, 1.82) is 0 Å². The molecule has 0 unspecified atom stereocenters. The van der Waals surface area contributed by atoms with Gasteiger partial charge < -0.3 is 15.3 Å². The molecule has 0 bridgehead atoms. The van der Waals surface area contributed by atoms with E-state index in [1.54, 1.807) is 30.3 Å². The monoisotopic (exact) mass is 282 g/mol. The fourth-order valence-electron chi connectivity index (χ4n) is 2.36. The number of phenols is 1. The first-order valence-corrected chi connectivity index (χ1v) is 6.13. The highest BCUT2D eigenvalue weighted by Crippen LogP contribution is 2.32. The summed E-state index contributed by atoms with van der Waals surface area (Å²) in [5.41, 5.74) is 0.0113. The van der Waals surface area contributed by atoms with E-state index in [0.29, 0.717) is 16.2 Å². The lowest BCUT2D eigenvalue weighted by molar-refractivity contribution is 0.0684. The third-order valence-corrected chi connectivity index (χ3v) is 3.43. The molecule has 0 aliphatic carbocycles. The van der Waals surface area contributed by atoms with Gasteiger partial charge in [-0.25, -0.2) is 9.59 Å². The van der Waals surface area contributed by atoms with Crippen LogP contribution in [-0.4, -0.2) is 27.3 Å². The summed E-state index contributed by atoms with van der Waals surface area (Å²) in [6.45, 7) is 0. The zero-order valence-electron chi connectivity index (χ0n) is 10.7. The molecule has 0 heterocycles. The fourth-order valence-corrected chi connectivity index (χ4v) is 2.36. The van der Waals surface area contributed by atoms with Gasteiger partial charge in [0.25, 0.3) is 0 Å². The van der Waals surface area contributed by atoms with Gasteiger partial charge in [0.15, 0.2) is 0 Å². The highest BCUT2D eigenvalue weighted by Gasteiger charge is 2.13. The Morgan fingerprint density at radius 2 is 1.48 bits per heavy atom. The van der Waals surface area contributed by atoms with Gasteiger partial charge in [0, 0.05) is 5.39 Å². The van der Waals surface area contributed by atoms with Crippen LogP contribution in [0.25, 0.3) is 21.5 Å². The van der Waals surface area contributed by atoms with Gasteiger partial charge in [0.1, 0.15) is 11.3 Å². The molecule has 3 aromatic rings. The molecule has 0 spiro atoms. The summed E-state index contributed by atoms with van der Waals surface area (Å²) in [6.07, 6.45) is 0. The van der Waals surface area contributed by atoms with Gasteiger partial charge in [0.05, 0.1) is 5.56 Å². The molecule has 21 heavy (non-hydrogen) atoms. The predicted octanol–water partition coefficient (Wildman–Crippen LogP) is 3.10. The van der Waals surface area contributed by atoms with Gasteiger partial charge in [-0.15, -0.1) is 0 Å². The summed E-state index contributed by atoms with van der Waals surface area (Å²) in [5, 5.41) is 30.6. The number of aromatic carboxylic acids is 2. The Balaban J connectivity index is 2.34. The fraction of sp³-hybridized carbons (Fsp3) is 0. The predicted molar refractivity (Wildman–Crippen MR) is 77.0 cm³/mol. The largest absolute Gasteiger partial charge is 0.506 e. The maximum absolute atomic E-state index is 11.0. The van der Waals surface area contributed by atoms with Crippen LogP contribution in [0.3, 0.4) is 0 Å². The lowest BCUT2D eigenvalue weighted by atomic mass is 9.99. The number of hydrogen-bond acceptors (Lipinski definition) is 3. The standard InChI is InChI=1S/C16H10O5/c17-14-12(16(20)21)4-3-9-5-11-6-10(15(18)19)2-1-8(11)7-13(9)14/h1-7,17H,(H,18,19)(H,20,21). The van der Waals surface area contributed by atoms with Gasteiger partial charge in [-0.05, 0) is 46.5 Å². The molecule has 0 aliphatic rings. The molecule has 0 saturated heterocycles. The highest BCUT2D eigenvalue weighted by atomic mass is 16.4. The maximum atomic E-state index is 11.0. The highest BCUT2D eigenvalue weighted by molar-refractivity contribution is 6.06. The van der Waals surface area contributed by atoms with Gasteiger partial charge in [-0.1, -0.05) is 12.1 Å². The topological polar surface area (TPSA) is 94.8 Å². The molecule has 0 aromatic heterocycles. The van der Waals surface area contributed by atoms with Crippen molar-refractivity contribution < 1.29 is 24.9 Å². The van der Waals surface area contributed by atoms with Crippen molar-refractivity contribution in [3.8, 4) is 5.75 Å². The van der Waals surface area contributed by atoms with E-state index in [2.05, 4.69) is 0 Å². The van der Waals surface area contributed by atoms with Crippen molar-refractivity contribution in [2.45, 2.75) is 0 Å². The summed E-state index contributed by atoms with van der Waals surface area (Å²) in [4.78, 5) is 22.0. The first-order chi connectivity index (χ1) is 9.97. The Labute approximate surface area is 118 Å². The molecule has 5 nitrogen and oxygen atoms in total. The summed E-state index contributed by atoms with van der Waals surface area (Å²) in [5.74, 6) is -2.50. The van der Waals surface area contributed by atoms with E-state index in [4.69, 9.17) is 10.2 Å². The molecule has 0 amide bonds. The Morgan fingerprint density at radius 3 is 2.14 bits per heavy atom. The van der Waals surface area contributed by atoms with Crippen molar-refractivity contribution in [2.75, 3.05) is 0 Å². The lowest BCUT2D eigenvalue weighted by Crippen LogP contribution is -1.97. The third kappa shape index (κ3) is 2.04. The van der Waals surface area contributed by atoms with Crippen LogP contribution in [0.15, 0.2) is 42.5 Å². The Morgan fingerprint density at radius 1 is 0.762 bits per heavy atom. The smallest absolute Gasteiger partial charge is 0.339 e. The van der Waals surface area contributed by atoms with E-state index in [1.807, 2.05) is 0 Å². The Bertz CT molecular complexity index is 911. The summed E-state index contributed by atoms with van der Waals surface area (Å²) in [6, 6.07) is 10.9. The van der Waals surface area contributed by atoms with Crippen LogP contribution in [0.2, 0.25) is 0 Å². The number of carboxylic acid groups (broad SMARTS) is 2. The molecule has 0 aliphatic heterocycles. The van der Waals surface area contributed by atoms with E-state index in [-0.39, 0.29) is 16.9 Å². The van der Waals surface area contributed by atoms with E-state index in [0.717, 1.165) is 5.39 Å². The van der Waals surface area contributed by atoms with Crippen LogP contribution in [0, 0.1) is 0 Å². The minimum Gasteiger partial charge on any atom is -0.506 e. The zero-order valence-corrected chi connectivity index (χ0v) is 10.7. The van der Waals surface area contributed by atoms with E-state index >= 15 is 0 Å². The van der Waals surface area contributed by atoms with Crippen LogP contribution in [0.1, 0.15) is 20.7 Å². The average molecular weight is 282 g/mol. The first kappa shape index (κ1) is 12.9. The Hall–Kier alpha value is -3.08. The molecule has 0 radical (unpaired) electrons. The van der Waals surface area contributed by atoms with Crippen molar-refractivity contribution in [3.05, 3.63) is 53.6 Å². The van der Waals surface area contributed by atoms with Gasteiger partial charge in [-0.2, -0.15) is 0 Å². The third-order valence-electron chi connectivity index (χ3n) is 3.43. The van der Waals surface area contributed by atoms with Gasteiger partial charge in [-0.3, -0.25) is 0 Å². The molecule has 104 valence electrons. The molecule has 3 N–H and O–H groups in total. The zero-order chi connectivity index (χ0) is 15.1. The minimum absolute atomic E-state index is 0.163. The molecule has 3 aromatic carbocycles. The number of carbonyl (C=O) groups is 2. The van der Waals surface area contributed by atoms with Crippen LogP contribution in [0.5, 0.6) is 5.75 Å². The average Bonchev–Trinajstić information content (AvgIpc) is 2.45. The maximum Gasteiger partial charge on any atom is 0.339 e. The van der Waals surface area contributed by atoms with Crippen LogP contribution >= 0.6 is 0 Å². The summed E-state index contributed by atoms with van der Waals surface area (Å²) >= 11 is 0. The minimum atomic E-state index is -1.20. The lowest BCUT2D eigenvalue weighted by Gasteiger charge is -2.07. The van der Waals surface area contributed by atoms with Crippen LogP contribution in [0.4, 0.5) is 0 Å². The SMILES string of the molecule is O=C(O)c1ccc2cc3c(O)c(C(=O)O)ccc3cc2c1. The molecule has 0 fully saturated rings. The second-order valence-corrected chi connectivity index (χ2v) is 4.71. The quantitative estimate of drug-likeness (QED) is 0.628. The van der Waals surface area contributed by atoms with Gasteiger partial charge in [0.2, 0.25) is 0 Å². The van der Waals surface area contributed by atoms with Crippen molar-refractivity contribution in [3.63, 3.8) is 0 Å². The molecular formula is C16H10O5. The number of rotatable bonds is 2. The summed E-state index contributed by atoms with van der Waals surface area (Å²) in [7, 11) is 0. The van der Waals surface area contributed by atoms with Crippen molar-refractivity contribution >= 4 is 33.5 Å². The molecular weight excluding hydrogens is 272 g/mol.